The Labute approximate surface area is 178 Å². The lowest BCUT2D eigenvalue weighted by Gasteiger charge is -2.41. The number of ether oxygens (including phenoxy) is 1. The molecule has 0 radical (unpaired) electrons. The number of aromatic nitrogens is 1. The Bertz CT molecular complexity index is 928. The van der Waals surface area contributed by atoms with Gasteiger partial charge in [0, 0.05) is 29.4 Å². The monoisotopic (exact) mass is 439 g/mol. The van der Waals surface area contributed by atoms with Gasteiger partial charge in [0.25, 0.3) is 5.56 Å². The predicted octanol–water partition coefficient (Wildman–Crippen LogP) is 4.17. The summed E-state index contributed by atoms with van der Waals surface area (Å²) in [6.45, 7) is 4.37. The molecule has 2 aromatic rings. The lowest BCUT2D eigenvalue weighted by atomic mass is 9.73. The molecule has 1 aromatic heterocycles. The largest absolute Gasteiger partial charge is 0.376 e. The van der Waals surface area contributed by atoms with Gasteiger partial charge in [-0.25, -0.2) is 0 Å². The van der Waals surface area contributed by atoms with Gasteiger partial charge in [0.1, 0.15) is 5.69 Å². The first kappa shape index (κ1) is 20.1. The first-order chi connectivity index (χ1) is 13.4. The summed E-state index contributed by atoms with van der Waals surface area (Å²) in [6.07, 6.45) is 1.98. The second-order valence-electron chi connectivity index (χ2n) is 7.58. The normalized spacial score (nSPS) is 24.1. The Morgan fingerprint density at radius 2 is 2.00 bits per heavy atom. The van der Waals surface area contributed by atoms with Crippen molar-refractivity contribution >= 4 is 40.7 Å². The van der Waals surface area contributed by atoms with Crippen molar-refractivity contribution in [3.8, 4) is 0 Å². The molecule has 0 aliphatic carbocycles. The van der Waals surface area contributed by atoms with Crippen LogP contribution in [0.4, 0.5) is 5.69 Å². The minimum absolute atomic E-state index is 0.0435. The van der Waals surface area contributed by atoms with Gasteiger partial charge >= 0.3 is 0 Å². The molecule has 1 spiro atoms. The average Bonchev–Trinajstić information content (AvgIpc) is 2.95. The maximum Gasteiger partial charge on any atom is 0.272 e. The summed E-state index contributed by atoms with van der Waals surface area (Å²) in [5, 5.41) is 1.72. The molecular weight excluding hydrogens is 417 g/mol. The van der Waals surface area contributed by atoms with Gasteiger partial charge in [0.05, 0.1) is 27.8 Å². The first-order valence-corrected chi connectivity index (χ1v) is 10.9. The third kappa shape index (κ3) is 3.68. The number of nitrogens with zero attached hydrogens (tertiary/aromatic N) is 1. The smallest absolute Gasteiger partial charge is 0.272 e. The molecule has 3 N–H and O–H groups in total. The molecule has 2 saturated heterocycles. The number of hydrogen-bond donors (Lipinski definition) is 2. The number of hydrogen-bond acceptors (Lipinski definition) is 5. The molecular formula is C20H23Cl2N3O2S. The van der Waals surface area contributed by atoms with Crippen LogP contribution in [0.2, 0.25) is 10.0 Å². The molecule has 5 nitrogen and oxygen atoms in total. The van der Waals surface area contributed by atoms with Crippen molar-refractivity contribution in [3.05, 3.63) is 50.7 Å². The van der Waals surface area contributed by atoms with Crippen LogP contribution >= 0.6 is 35.0 Å². The van der Waals surface area contributed by atoms with Gasteiger partial charge in [-0.3, -0.25) is 4.79 Å². The summed E-state index contributed by atoms with van der Waals surface area (Å²) in [5.41, 5.74) is 7.02. The summed E-state index contributed by atoms with van der Waals surface area (Å²) in [7, 11) is 0. The number of anilines is 1. The minimum atomic E-state index is -0.0977. The number of pyridine rings is 1. The molecule has 2 atom stereocenters. The summed E-state index contributed by atoms with van der Waals surface area (Å²) in [5.74, 6) is 0. The number of nitrogens with one attached hydrogen (secondary N) is 1. The van der Waals surface area contributed by atoms with E-state index in [4.69, 9.17) is 33.7 Å². The molecule has 0 unspecified atom stereocenters. The van der Waals surface area contributed by atoms with E-state index in [0.717, 1.165) is 42.5 Å². The van der Waals surface area contributed by atoms with E-state index < -0.39 is 0 Å². The van der Waals surface area contributed by atoms with E-state index >= 15 is 0 Å². The van der Waals surface area contributed by atoms with Crippen LogP contribution in [0.5, 0.6) is 0 Å². The van der Waals surface area contributed by atoms with Crippen molar-refractivity contribution in [3.63, 3.8) is 0 Å². The Hall–Kier alpha value is -1.18. The fraction of sp³-hybridized carbons (Fsp3) is 0.450. The van der Waals surface area contributed by atoms with Crippen molar-refractivity contribution in [2.75, 3.05) is 24.6 Å². The van der Waals surface area contributed by atoms with Crippen LogP contribution in [-0.2, 0) is 4.74 Å². The van der Waals surface area contributed by atoms with Crippen molar-refractivity contribution in [2.24, 2.45) is 11.1 Å². The fourth-order valence-corrected chi connectivity index (χ4v) is 5.44. The van der Waals surface area contributed by atoms with E-state index in [2.05, 4.69) is 9.88 Å². The minimum Gasteiger partial charge on any atom is -0.376 e. The zero-order chi connectivity index (χ0) is 19.9. The number of H-pyrrole nitrogens is 1. The highest BCUT2D eigenvalue weighted by Gasteiger charge is 2.47. The summed E-state index contributed by atoms with van der Waals surface area (Å²) in [4.78, 5) is 18.6. The molecule has 1 aromatic carbocycles. The van der Waals surface area contributed by atoms with Gasteiger partial charge in [-0.2, -0.15) is 0 Å². The molecule has 8 heteroatoms. The highest BCUT2D eigenvalue weighted by molar-refractivity contribution is 7.99. The fourth-order valence-electron chi connectivity index (χ4n) is 4.10. The van der Waals surface area contributed by atoms with Crippen LogP contribution < -0.4 is 16.2 Å². The molecule has 0 bridgehead atoms. The predicted molar refractivity (Wildman–Crippen MR) is 115 cm³/mol. The lowest BCUT2D eigenvalue weighted by Crippen LogP contribution is -2.51. The van der Waals surface area contributed by atoms with E-state index in [1.807, 2.05) is 31.2 Å². The zero-order valence-corrected chi connectivity index (χ0v) is 17.9. The third-order valence-corrected chi connectivity index (χ3v) is 7.89. The molecule has 4 rings (SSSR count). The van der Waals surface area contributed by atoms with Crippen LogP contribution in [0.3, 0.4) is 0 Å². The number of aromatic amines is 1. The van der Waals surface area contributed by atoms with Crippen LogP contribution in [-0.4, -0.2) is 36.8 Å². The molecule has 2 aliphatic rings. The maximum absolute atomic E-state index is 12.7. The molecule has 28 heavy (non-hydrogen) atoms. The summed E-state index contributed by atoms with van der Waals surface area (Å²) < 4.78 is 5.78. The van der Waals surface area contributed by atoms with E-state index in [1.165, 1.54) is 11.8 Å². The molecule has 150 valence electrons. The van der Waals surface area contributed by atoms with Gasteiger partial charge in [-0.15, -0.1) is 0 Å². The quantitative estimate of drug-likeness (QED) is 0.750. The SMILES string of the molecule is C[C@@H]1OCC2(CCN(c3ccc(Sc4cccc(Cl)c4Cl)[nH]c3=O)CC2)[C@@H]1N. The summed E-state index contributed by atoms with van der Waals surface area (Å²) in [6, 6.07) is 9.31. The van der Waals surface area contributed by atoms with E-state index in [0.29, 0.717) is 15.7 Å². The number of piperidine rings is 1. The molecule has 2 aliphatic heterocycles. The maximum atomic E-state index is 12.7. The van der Waals surface area contributed by atoms with Crippen molar-refractivity contribution < 1.29 is 4.74 Å². The summed E-state index contributed by atoms with van der Waals surface area (Å²) >= 11 is 13.7. The lowest BCUT2D eigenvalue weighted by molar-refractivity contribution is 0.0974. The van der Waals surface area contributed by atoms with Crippen molar-refractivity contribution in [1.82, 2.24) is 4.98 Å². The van der Waals surface area contributed by atoms with E-state index in [-0.39, 0.29) is 23.1 Å². The van der Waals surface area contributed by atoms with Crippen LogP contribution in [0.15, 0.2) is 45.0 Å². The zero-order valence-electron chi connectivity index (χ0n) is 15.6. The number of benzene rings is 1. The number of nitrogens with two attached hydrogens (primary N) is 1. The Morgan fingerprint density at radius 3 is 2.64 bits per heavy atom. The van der Waals surface area contributed by atoms with Crippen LogP contribution in [0.1, 0.15) is 19.8 Å². The number of halogens is 2. The van der Waals surface area contributed by atoms with Gasteiger partial charge in [-0.1, -0.05) is 41.0 Å². The van der Waals surface area contributed by atoms with Gasteiger partial charge < -0.3 is 20.4 Å². The second kappa shape index (κ2) is 7.92. The van der Waals surface area contributed by atoms with Crippen molar-refractivity contribution in [1.29, 1.82) is 0 Å². The third-order valence-electron chi connectivity index (χ3n) is 5.94. The highest BCUT2D eigenvalue weighted by atomic mass is 35.5. The van der Waals surface area contributed by atoms with Gasteiger partial charge in [0.2, 0.25) is 0 Å². The first-order valence-electron chi connectivity index (χ1n) is 9.37. The molecule has 3 heterocycles. The second-order valence-corrected chi connectivity index (χ2v) is 9.45. The van der Waals surface area contributed by atoms with E-state index in [9.17, 15) is 4.79 Å². The molecule has 0 amide bonds. The Kier molecular flexibility index (Phi) is 5.69. The van der Waals surface area contributed by atoms with Crippen LogP contribution in [0, 0.1) is 5.41 Å². The average molecular weight is 440 g/mol. The van der Waals surface area contributed by atoms with Gasteiger partial charge in [-0.05, 0) is 44.0 Å². The van der Waals surface area contributed by atoms with Gasteiger partial charge in [0.15, 0.2) is 0 Å². The van der Waals surface area contributed by atoms with Crippen LogP contribution in [0.25, 0.3) is 0 Å². The number of rotatable bonds is 3. The Morgan fingerprint density at radius 1 is 1.25 bits per heavy atom. The van der Waals surface area contributed by atoms with Crippen molar-refractivity contribution in [2.45, 2.75) is 41.8 Å². The van der Waals surface area contributed by atoms with E-state index in [1.54, 1.807) is 6.07 Å². The highest BCUT2D eigenvalue weighted by Crippen LogP contribution is 2.42. The molecule has 0 saturated carbocycles. The topological polar surface area (TPSA) is 71.3 Å². The standard InChI is InChI=1S/C20H23Cl2N3O2S/c1-12-18(23)20(11-27-12)7-9-25(10-8-20)14-5-6-16(24-19(14)26)28-15-4-2-3-13(21)17(15)22/h2-6,12,18H,7-11,23H2,1H3,(H,24,26)/t12-,18+/m0/s1. The Balaban J connectivity index is 1.47. The molecule has 2 fully saturated rings.